The van der Waals surface area contributed by atoms with Gasteiger partial charge in [-0.15, -0.1) is 11.3 Å². The van der Waals surface area contributed by atoms with Gasteiger partial charge in [-0.05, 0) is 42.8 Å². The first-order valence-electron chi connectivity index (χ1n) is 11.3. The Morgan fingerprint density at radius 3 is 2.33 bits per heavy atom. The van der Waals surface area contributed by atoms with E-state index in [1.807, 2.05) is 11.4 Å². The topological polar surface area (TPSA) is 52.4 Å². The molecule has 33 heavy (non-hydrogen) atoms. The molecule has 0 amide bonds. The smallest absolute Gasteiger partial charge is 0.417 e. The standard InChI is InChI=1S/C24H31F3N4OS/c1-19(2)23(18-28,21-5-3-16-33-21)8-4-9-30-10-12-31(13-11-30)14-15-32-22-7-6-20(17-29-22)24(25,26)27/h3,5-7,16-17,19H,4,8-15H2,1-2H3. The lowest BCUT2D eigenvalue weighted by Crippen LogP contribution is -2.47. The Hall–Kier alpha value is -2.15. The fraction of sp³-hybridized carbons (Fsp3) is 0.583. The summed E-state index contributed by atoms with van der Waals surface area (Å²) in [5.41, 5.74) is -1.19. The summed E-state index contributed by atoms with van der Waals surface area (Å²) < 4.78 is 43.3. The quantitative estimate of drug-likeness (QED) is 0.476. The number of nitrogens with zero attached hydrogens (tertiary/aromatic N) is 4. The fourth-order valence-corrected chi connectivity index (χ4v) is 5.25. The summed E-state index contributed by atoms with van der Waals surface area (Å²) in [6, 6.07) is 8.96. The number of pyridine rings is 1. The predicted molar refractivity (Wildman–Crippen MR) is 123 cm³/mol. The Labute approximate surface area is 197 Å². The lowest BCUT2D eigenvalue weighted by molar-refractivity contribution is -0.137. The molecule has 180 valence electrons. The van der Waals surface area contributed by atoms with E-state index in [-0.39, 0.29) is 11.8 Å². The van der Waals surface area contributed by atoms with Crippen LogP contribution in [0.5, 0.6) is 5.88 Å². The van der Waals surface area contributed by atoms with Crippen LogP contribution in [0.1, 0.15) is 37.1 Å². The van der Waals surface area contributed by atoms with Gasteiger partial charge in [-0.25, -0.2) is 4.98 Å². The highest BCUT2D eigenvalue weighted by atomic mass is 32.1. The van der Waals surface area contributed by atoms with E-state index in [2.05, 4.69) is 40.8 Å². The lowest BCUT2D eigenvalue weighted by Gasteiger charge is -2.35. The molecule has 0 N–H and O–H groups in total. The number of hydrogen-bond acceptors (Lipinski definition) is 6. The van der Waals surface area contributed by atoms with Crippen molar-refractivity contribution in [3.8, 4) is 11.9 Å². The SMILES string of the molecule is CC(C)C(C#N)(CCCN1CCN(CCOc2ccc(C(F)(F)F)cn2)CC1)c1cccs1. The van der Waals surface area contributed by atoms with Crippen LogP contribution in [0.2, 0.25) is 0 Å². The third-order valence-electron chi connectivity index (χ3n) is 6.38. The van der Waals surface area contributed by atoms with E-state index < -0.39 is 17.2 Å². The van der Waals surface area contributed by atoms with Crippen LogP contribution in [-0.2, 0) is 11.6 Å². The van der Waals surface area contributed by atoms with E-state index in [0.717, 1.165) is 62.7 Å². The summed E-state index contributed by atoms with van der Waals surface area (Å²) in [4.78, 5) is 9.63. The van der Waals surface area contributed by atoms with E-state index in [1.54, 1.807) is 11.3 Å². The third kappa shape index (κ3) is 6.69. The minimum Gasteiger partial charge on any atom is -0.476 e. The normalized spacial score (nSPS) is 17.6. The molecule has 0 aliphatic carbocycles. The number of hydrogen-bond donors (Lipinski definition) is 0. The summed E-state index contributed by atoms with van der Waals surface area (Å²) in [5.74, 6) is 0.468. The number of thiophene rings is 1. The van der Waals surface area contributed by atoms with Crippen molar-refractivity contribution in [2.24, 2.45) is 5.92 Å². The third-order valence-corrected chi connectivity index (χ3v) is 7.42. The molecule has 2 aromatic rings. The molecule has 5 nitrogen and oxygen atoms in total. The van der Waals surface area contributed by atoms with Gasteiger partial charge in [-0.3, -0.25) is 4.90 Å². The van der Waals surface area contributed by atoms with E-state index in [4.69, 9.17) is 4.74 Å². The fourth-order valence-electron chi connectivity index (χ4n) is 4.20. The molecule has 1 aliphatic heterocycles. The summed E-state index contributed by atoms with van der Waals surface area (Å²) in [7, 11) is 0. The summed E-state index contributed by atoms with van der Waals surface area (Å²) in [6.07, 6.45) is -1.75. The van der Waals surface area contributed by atoms with Crippen LogP contribution in [0.25, 0.3) is 0 Å². The number of halogens is 3. The summed E-state index contributed by atoms with van der Waals surface area (Å²) >= 11 is 1.67. The maximum absolute atomic E-state index is 12.6. The molecule has 1 aliphatic rings. The zero-order valence-corrected chi connectivity index (χ0v) is 20.0. The highest BCUT2D eigenvalue weighted by Gasteiger charge is 2.36. The molecule has 0 radical (unpaired) electrons. The number of rotatable bonds is 10. The first-order chi connectivity index (χ1) is 15.7. The van der Waals surface area contributed by atoms with E-state index in [1.165, 1.54) is 6.07 Å². The Kier molecular flexibility index (Phi) is 8.74. The van der Waals surface area contributed by atoms with E-state index >= 15 is 0 Å². The van der Waals surface area contributed by atoms with Crippen molar-refractivity contribution in [3.63, 3.8) is 0 Å². The molecule has 3 heterocycles. The van der Waals surface area contributed by atoms with Crippen molar-refractivity contribution in [3.05, 3.63) is 46.3 Å². The number of ether oxygens (including phenoxy) is 1. The van der Waals surface area contributed by atoms with Crippen molar-refractivity contribution in [1.29, 1.82) is 5.26 Å². The van der Waals surface area contributed by atoms with Crippen LogP contribution < -0.4 is 4.74 Å². The highest BCUT2D eigenvalue weighted by Crippen LogP contribution is 2.39. The zero-order chi connectivity index (χ0) is 23.9. The molecule has 9 heteroatoms. The Morgan fingerprint density at radius 1 is 1.12 bits per heavy atom. The average molecular weight is 481 g/mol. The Bertz CT molecular complexity index is 888. The molecule has 0 bridgehead atoms. The van der Waals surface area contributed by atoms with Gasteiger partial charge in [0.25, 0.3) is 0 Å². The van der Waals surface area contributed by atoms with Crippen molar-refractivity contribution >= 4 is 11.3 Å². The second-order valence-electron chi connectivity index (χ2n) is 8.73. The maximum atomic E-state index is 12.6. The summed E-state index contributed by atoms with van der Waals surface area (Å²) in [5, 5.41) is 12.0. The van der Waals surface area contributed by atoms with E-state index in [9.17, 15) is 18.4 Å². The maximum Gasteiger partial charge on any atom is 0.417 e. The second-order valence-corrected chi connectivity index (χ2v) is 9.68. The number of alkyl halides is 3. The first kappa shape index (κ1) is 25.5. The van der Waals surface area contributed by atoms with Gasteiger partial charge in [0.1, 0.15) is 6.61 Å². The van der Waals surface area contributed by atoms with Gasteiger partial charge in [0.15, 0.2) is 0 Å². The second kappa shape index (κ2) is 11.3. The van der Waals surface area contributed by atoms with Gasteiger partial charge in [0.2, 0.25) is 5.88 Å². The van der Waals surface area contributed by atoms with Crippen LogP contribution in [-0.4, -0.2) is 60.7 Å². The van der Waals surface area contributed by atoms with Gasteiger partial charge < -0.3 is 9.64 Å². The monoisotopic (exact) mass is 480 g/mol. The number of piperazine rings is 1. The molecule has 1 saturated heterocycles. The van der Waals surface area contributed by atoms with Crippen molar-refractivity contribution in [2.75, 3.05) is 45.9 Å². The van der Waals surface area contributed by atoms with Crippen molar-refractivity contribution in [1.82, 2.24) is 14.8 Å². The first-order valence-corrected chi connectivity index (χ1v) is 12.2. The van der Waals surface area contributed by atoms with Gasteiger partial charge in [0.05, 0.1) is 17.0 Å². The minimum absolute atomic E-state index is 0.207. The minimum atomic E-state index is -4.39. The van der Waals surface area contributed by atoms with Gasteiger partial charge in [-0.1, -0.05) is 19.9 Å². The molecule has 0 spiro atoms. The number of nitriles is 1. The molecular weight excluding hydrogens is 449 g/mol. The highest BCUT2D eigenvalue weighted by molar-refractivity contribution is 7.10. The lowest BCUT2D eigenvalue weighted by atomic mass is 9.73. The molecule has 0 aromatic carbocycles. The molecule has 3 rings (SSSR count). The van der Waals surface area contributed by atoms with Crippen LogP contribution in [0.15, 0.2) is 35.8 Å². The van der Waals surface area contributed by atoms with E-state index in [0.29, 0.717) is 13.2 Å². The van der Waals surface area contributed by atoms with Gasteiger partial charge in [-0.2, -0.15) is 18.4 Å². The molecule has 1 unspecified atom stereocenters. The molecule has 1 fully saturated rings. The molecule has 0 saturated carbocycles. The van der Waals surface area contributed by atoms with Gasteiger partial charge in [0, 0.05) is 49.9 Å². The predicted octanol–water partition coefficient (Wildman–Crippen LogP) is 5.06. The average Bonchev–Trinajstić information content (AvgIpc) is 3.33. The van der Waals surface area contributed by atoms with Crippen LogP contribution in [0.3, 0.4) is 0 Å². The van der Waals surface area contributed by atoms with Crippen molar-refractivity contribution < 1.29 is 17.9 Å². The number of aromatic nitrogens is 1. The van der Waals surface area contributed by atoms with Crippen LogP contribution >= 0.6 is 11.3 Å². The molecule has 2 aromatic heterocycles. The van der Waals surface area contributed by atoms with Crippen LogP contribution in [0, 0.1) is 17.2 Å². The van der Waals surface area contributed by atoms with Crippen molar-refractivity contribution in [2.45, 2.75) is 38.3 Å². The Balaban J connectivity index is 1.37. The molecule has 1 atom stereocenters. The largest absolute Gasteiger partial charge is 0.476 e. The molecular formula is C24H31F3N4OS. The zero-order valence-electron chi connectivity index (χ0n) is 19.1. The van der Waals surface area contributed by atoms with Gasteiger partial charge >= 0.3 is 6.18 Å². The van der Waals surface area contributed by atoms with Crippen LogP contribution in [0.4, 0.5) is 13.2 Å². The Morgan fingerprint density at radius 2 is 1.82 bits per heavy atom. The summed E-state index contributed by atoms with van der Waals surface area (Å²) in [6.45, 7) is 10.1.